The topological polar surface area (TPSA) is 38.3 Å². The Morgan fingerprint density at radius 3 is 2.67 bits per heavy atom. The Labute approximate surface area is 55.3 Å². The number of hydrogen-bond acceptors (Lipinski definition) is 3. The Morgan fingerprint density at radius 1 is 1.78 bits per heavy atom. The van der Waals surface area contributed by atoms with Crippen molar-refractivity contribution < 1.29 is 9.63 Å². The lowest BCUT2D eigenvalue weighted by molar-refractivity contribution is -0.123. The van der Waals surface area contributed by atoms with Gasteiger partial charge in [0.1, 0.15) is 0 Å². The fourth-order valence-corrected chi connectivity index (χ4v) is 0.549. The second-order valence-corrected chi connectivity index (χ2v) is 1.86. The minimum absolute atomic E-state index is 0.164. The van der Waals surface area contributed by atoms with Crippen LogP contribution in [0.25, 0.3) is 0 Å². The zero-order valence-electron chi connectivity index (χ0n) is 6.10. The Bertz CT molecular complexity index is 93.1. The number of carbonyl (C=O) groups is 1. The summed E-state index contributed by atoms with van der Waals surface area (Å²) in [6.07, 6.45) is 0.553. The van der Waals surface area contributed by atoms with Crippen LogP contribution in [0.5, 0.6) is 0 Å². The molecule has 9 heavy (non-hydrogen) atoms. The molecule has 0 aromatic heterocycles. The van der Waals surface area contributed by atoms with Gasteiger partial charge in [0.15, 0.2) is 5.78 Å². The SMILES string of the molecule is CCC(=O)C(C)NOC. The first-order valence-electron chi connectivity index (χ1n) is 3.03. The largest absolute Gasteiger partial charge is 0.304 e. The summed E-state index contributed by atoms with van der Waals surface area (Å²) in [6.45, 7) is 3.60. The number of nitrogens with one attached hydrogen (secondary N) is 1. The first-order chi connectivity index (χ1) is 4.22. The maximum atomic E-state index is 10.8. The van der Waals surface area contributed by atoms with Crippen LogP contribution < -0.4 is 5.48 Å². The smallest absolute Gasteiger partial charge is 0.151 e. The van der Waals surface area contributed by atoms with Gasteiger partial charge in [-0.05, 0) is 6.92 Å². The van der Waals surface area contributed by atoms with Crippen molar-refractivity contribution in [3.8, 4) is 0 Å². The summed E-state index contributed by atoms with van der Waals surface area (Å²) < 4.78 is 0. The fraction of sp³-hybridized carbons (Fsp3) is 0.833. The molecule has 3 nitrogen and oxygen atoms in total. The second kappa shape index (κ2) is 4.47. The third kappa shape index (κ3) is 3.21. The normalized spacial score (nSPS) is 13.2. The molecule has 1 unspecified atom stereocenters. The quantitative estimate of drug-likeness (QED) is 0.565. The van der Waals surface area contributed by atoms with Crippen molar-refractivity contribution in [1.29, 1.82) is 0 Å². The molecule has 54 valence electrons. The highest BCUT2D eigenvalue weighted by Crippen LogP contribution is 1.88. The maximum absolute atomic E-state index is 10.8. The number of rotatable bonds is 4. The summed E-state index contributed by atoms with van der Waals surface area (Å²) in [4.78, 5) is 15.3. The van der Waals surface area contributed by atoms with E-state index in [0.29, 0.717) is 6.42 Å². The molecule has 0 saturated heterocycles. The number of hydrogen-bond donors (Lipinski definition) is 1. The molecular weight excluding hydrogens is 118 g/mol. The molecule has 0 saturated carbocycles. The van der Waals surface area contributed by atoms with Gasteiger partial charge in [-0.2, -0.15) is 5.48 Å². The van der Waals surface area contributed by atoms with Crippen LogP contribution in [-0.2, 0) is 9.63 Å². The fourth-order valence-electron chi connectivity index (χ4n) is 0.549. The van der Waals surface area contributed by atoms with Gasteiger partial charge < -0.3 is 4.84 Å². The van der Waals surface area contributed by atoms with Crippen molar-refractivity contribution in [3.63, 3.8) is 0 Å². The van der Waals surface area contributed by atoms with E-state index in [2.05, 4.69) is 10.3 Å². The highest BCUT2D eigenvalue weighted by Gasteiger charge is 2.07. The minimum Gasteiger partial charge on any atom is -0.304 e. The van der Waals surface area contributed by atoms with Crippen molar-refractivity contribution in [3.05, 3.63) is 0 Å². The van der Waals surface area contributed by atoms with Crippen LogP contribution >= 0.6 is 0 Å². The molecule has 0 fully saturated rings. The van der Waals surface area contributed by atoms with E-state index in [1.54, 1.807) is 6.92 Å². The molecule has 1 atom stereocenters. The summed E-state index contributed by atoms with van der Waals surface area (Å²) in [5, 5.41) is 0. The van der Waals surface area contributed by atoms with Crippen molar-refractivity contribution >= 4 is 5.78 Å². The molecule has 0 aliphatic heterocycles. The number of ketones is 1. The lowest BCUT2D eigenvalue weighted by atomic mass is 10.2. The van der Waals surface area contributed by atoms with Crippen LogP contribution in [0.3, 0.4) is 0 Å². The van der Waals surface area contributed by atoms with E-state index in [4.69, 9.17) is 0 Å². The van der Waals surface area contributed by atoms with Crippen LogP contribution in [-0.4, -0.2) is 18.9 Å². The predicted octanol–water partition coefficient (Wildman–Crippen LogP) is 0.505. The molecule has 0 aromatic carbocycles. The van der Waals surface area contributed by atoms with Gasteiger partial charge in [0.25, 0.3) is 0 Å². The molecule has 0 aliphatic carbocycles. The number of Topliss-reactive ketones (excluding diaryl/α,β-unsaturated/α-hetero) is 1. The van der Waals surface area contributed by atoms with Gasteiger partial charge in [-0.25, -0.2) is 0 Å². The lowest BCUT2D eigenvalue weighted by Crippen LogP contribution is -2.32. The molecule has 3 heteroatoms. The summed E-state index contributed by atoms with van der Waals surface area (Å²) in [7, 11) is 1.50. The zero-order chi connectivity index (χ0) is 7.28. The van der Waals surface area contributed by atoms with E-state index in [9.17, 15) is 4.79 Å². The second-order valence-electron chi connectivity index (χ2n) is 1.86. The van der Waals surface area contributed by atoms with Gasteiger partial charge in [-0.1, -0.05) is 6.92 Å². The Kier molecular flexibility index (Phi) is 4.26. The van der Waals surface area contributed by atoms with Gasteiger partial charge in [0, 0.05) is 6.42 Å². The monoisotopic (exact) mass is 131 g/mol. The zero-order valence-corrected chi connectivity index (χ0v) is 6.10. The Balaban J connectivity index is 3.45. The Morgan fingerprint density at radius 2 is 2.33 bits per heavy atom. The van der Waals surface area contributed by atoms with E-state index in [-0.39, 0.29) is 11.8 Å². The average Bonchev–Trinajstić information content (AvgIpc) is 1.87. The summed E-state index contributed by atoms with van der Waals surface area (Å²) in [5.74, 6) is 0.164. The average molecular weight is 131 g/mol. The first kappa shape index (κ1) is 8.59. The third-order valence-corrected chi connectivity index (χ3v) is 1.13. The van der Waals surface area contributed by atoms with Crippen molar-refractivity contribution in [2.45, 2.75) is 26.3 Å². The van der Waals surface area contributed by atoms with E-state index >= 15 is 0 Å². The molecule has 0 amide bonds. The molecule has 0 bridgehead atoms. The molecule has 1 N–H and O–H groups in total. The minimum atomic E-state index is -0.181. The Hall–Kier alpha value is -0.410. The van der Waals surface area contributed by atoms with Gasteiger partial charge >= 0.3 is 0 Å². The van der Waals surface area contributed by atoms with Gasteiger partial charge in [-0.3, -0.25) is 4.79 Å². The molecule has 0 aliphatic rings. The van der Waals surface area contributed by atoms with E-state index in [1.165, 1.54) is 7.11 Å². The molecule has 0 radical (unpaired) electrons. The van der Waals surface area contributed by atoms with Gasteiger partial charge in [0.05, 0.1) is 13.2 Å². The van der Waals surface area contributed by atoms with Crippen LogP contribution in [0, 0.1) is 0 Å². The van der Waals surface area contributed by atoms with E-state index in [1.807, 2.05) is 6.92 Å². The predicted molar refractivity (Wildman–Crippen MR) is 34.9 cm³/mol. The summed E-state index contributed by atoms with van der Waals surface area (Å²) in [5.41, 5.74) is 2.55. The molecule has 0 heterocycles. The number of carbonyl (C=O) groups excluding carboxylic acids is 1. The summed E-state index contributed by atoms with van der Waals surface area (Å²) in [6, 6.07) is -0.181. The lowest BCUT2D eigenvalue weighted by Gasteiger charge is -2.07. The number of hydroxylamine groups is 1. The van der Waals surface area contributed by atoms with Crippen molar-refractivity contribution in [2.75, 3.05) is 7.11 Å². The molecular formula is C6H13NO2. The highest BCUT2D eigenvalue weighted by atomic mass is 16.6. The molecule has 0 spiro atoms. The summed E-state index contributed by atoms with van der Waals surface area (Å²) >= 11 is 0. The third-order valence-electron chi connectivity index (χ3n) is 1.13. The van der Waals surface area contributed by atoms with Gasteiger partial charge in [-0.15, -0.1) is 0 Å². The molecule has 0 aromatic rings. The molecule has 0 rings (SSSR count). The van der Waals surface area contributed by atoms with Crippen molar-refractivity contribution in [1.82, 2.24) is 5.48 Å². The van der Waals surface area contributed by atoms with Crippen LogP contribution in [0.2, 0.25) is 0 Å². The first-order valence-corrected chi connectivity index (χ1v) is 3.03. The van der Waals surface area contributed by atoms with Crippen LogP contribution in [0.4, 0.5) is 0 Å². The maximum Gasteiger partial charge on any atom is 0.151 e. The standard InChI is InChI=1S/C6H13NO2/c1-4-6(8)5(2)7-9-3/h5,7H,4H2,1-3H3. The van der Waals surface area contributed by atoms with Crippen LogP contribution in [0.1, 0.15) is 20.3 Å². The van der Waals surface area contributed by atoms with Gasteiger partial charge in [0.2, 0.25) is 0 Å². The highest BCUT2D eigenvalue weighted by molar-refractivity contribution is 5.83. The van der Waals surface area contributed by atoms with Crippen molar-refractivity contribution in [2.24, 2.45) is 0 Å². The van der Waals surface area contributed by atoms with E-state index in [0.717, 1.165) is 0 Å². The van der Waals surface area contributed by atoms with Crippen LogP contribution in [0.15, 0.2) is 0 Å². The van der Waals surface area contributed by atoms with E-state index < -0.39 is 0 Å².